The van der Waals surface area contributed by atoms with Crippen LogP contribution in [0.2, 0.25) is 0 Å². The summed E-state index contributed by atoms with van der Waals surface area (Å²) in [7, 11) is 0. The number of fused-ring (bicyclic) bond motifs is 1. The van der Waals surface area contributed by atoms with Gasteiger partial charge < -0.3 is 0 Å². The molecule has 0 atom stereocenters. The Bertz CT molecular complexity index is 415. The molecule has 14 heavy (non-hydrogen) atoms. The van der Waals surface area contributed by atoms with Crippen molar-refractivity contribution in [3.63, 3.8) is 0 Å². The lowest BCUT2D eigenvalue weighted by molar-refractivity contribution is 1.32. The highest BCUT2D eigenvalue weighted by atomic mass is 32.2. The normalized spacial score (nSPS) is 10.7. The summed E-state index contributed by atoms with van der Waals surface area (Å²) in [4.78, 5) is 6.98. The molecule has 0 N–H and O–H groups in total. The Kier molecular flexibility index (Phi) is 2.99. The van der Waals surface area contributed by atoms with E-state index in [9.17, 15) is 0 Å². The number of hydrogen-bond acceptors (Lipinski definition) is 3. The zero-order valence-corrected chi connectivity index (χ0v) is 9.78. The van der Waals surface area contributed by atoms with Crippen LogP contribution in [-0.2, 0) is 0 Å². The van der Waals surface area contributed by atoms with Crippen molar-refractivity contribution in [2.45, 2.75) is 9.79 Å². The van der Waals surface area contributed by atoms with Gasteiger partial charge in [0.25, 0.3) is 0 Å². The summed E-state index contributed by atoms with van der Waals surface area (Å²) in [6, 6.07) is 8.35. The van der Waals surface area contributed by atoms with Crippen LogP contribution in [0, 0.1) is 0 Å². The molecule has 2 aromatic rings. The van der Waals surface area contributed by atoms with Gasteiger partial charge in [0.15, 0.2) is 0 Å². The molecule has 0 fully saturated rings. The Hall–Kier alpha value is -0.670. The minimum atomic E-state index is 1.09. The molecule has 72 valence electrons. The van der Waals surface area contributed by atoms with E-state index in [2.05, 4.69) is 41.8 Å². The van der Waals surface area contributed by atoms with Gasteiger partial charge in [0.1, 0.15) is 0 Å². The van der Waals surface area contributed by atoms with E-state index >= 15 is 0 Å². The van der Waals surface area contributed by atoms with Crippen molar-refractivity contribution in [2.24, 2.45) is 0 Å². The van der Waals surface area contributed by atoms with E-state index in [-0.39, 0.29) is 0 Å². The lowest BCUT2D eigenvalue weighted by atomic mass is 10.2. The maximum atomic E-state index is 4.37. The summed E-state index contributed by atoms with van der Waals surface area (Å²) in [5, 5.41) is 1.29. The molecule has 0 radical (unpaired) electrons. The van der Waals surface area contributed by atoms with E-state index in [0.29, 0.717) is 0 Å². The van der Waals surface area contributed by atoms with Crippen molar-refractivity contribution in [3.8, 4) is 0 Å². The van der Waals surface area contributed by atoms with Gasteiger partial charge in [0.05, 0.1) is 5.52 Å². The molecule has 3 heteroatoms. The van der Waals surface area contributed by atoms with Crippen molar-refractivity contribution in [1.82, 2.24) is 4.98 Å². The highest BCUT2D eigenvalue weighted by molar-refractivity contribution is 7.99. The summed E-state index contributed by atoms with van der Waals surface area (Å²) < 4.78 is 0. The van der Waals surface area contributed by atoms with Crippen LogP contribution < -0.4 is 0 Å². The van der Waals surface area contributed by atoms with Crippen LogP contribution in [0.5, 0.6) is 0 Å². The molecule has 0 bridgehead atoms. The fourth-order valence-corrected chi connectivity index (χ4v) is 2.80. The second kappa shape index (κ2) is 4.24. The van der Waals surface area contributed by atoms with Crippen LogP contribution in [0.25, 0.3) is 10.9 Å². The van der Waals surface area contributed by atoms with Crippen molar-refractivity contribution in [3.05, 3.63) is 30.5 Å². The number of thioether (sulfide) groups is 2. The third-order valence-corrected chi connectivity index (χ3v) is 3.69. The van der Waals surface area contributed by atoms with Gasteiger partial charge in [-0.2, -0.15) is 0 Å². The van der Waals surface area contributed by atoms with Gasteiger partial charge in [0, 0.05) is 21.4 Å². The lowest BCUT2D eigenvalue weighted by Crippen LogP contribution is -1.83. The number of rotatable bonds is 2. The predicted octanol–water partition coefficient (Wildman–Crippen LogP) is 3.68. The Morgan fingerprint density at radius 1 is 1.00 bits per heavy atom. The molecule has 1 heterocycles. The fourth-order valence-electron chi connectivity index (χ4n) is 1.48. The second-order valence-corrected chi connectivity index (χ2v) is 4.56. The van der Waals surface area contributed by atoms with Crippen LogP contribution in [0.1, 0.15) is 0 Å². The average molecular weight is 221 g/mol. The first kappa shape index (κ1) is 9.87. The lowest BCUT2D eigenvalue weighted by Gasteiger charge is -2.06. The highest BCUT2D eigenvalue weighted by Gasteiger charge is 2.04. The molecule has 0 aliphatic carbocycles. The minimum absolute atomic E-state index is 1.09. The molecule has 1 nitrogen and oxygen atoms in total. The third-order valence-electron chi connectivity index (χ3n) is 2.13. The minimum Gasteiger partial charge on any atom is -0.256 e. The van der Waals surface area contributed by atoms with E-state index in [1.54, 1.807) is 23.5 Å². The molecular weight excluding hydrogens is 210 g/mol. The molecule has 0 amide bonds. The Morgan fingerprint density at radius 3 is 2.43 bits per heavy atom. The van der Waals surface area contributed by atoms with Gasteiger partial charge in [0.2, 0.25) is 0 Å². The van der Waals surface area contributed by atoms with Crippen LogP contribution in [0.4, 0.5) is 0 Å². The van der Waals surface area contributed by atoms with Gasteiger partial charge in [-0.3, -0.25) is 4.98 Å². The number of hydrogen-bond donors (Lipinski definition) is 0. The summed E-state index contributed by atoms with van der Waals surface area (Å²) in [6.45, 7) is 0. The average Bonchev–Trinajstić information content (AvgIpc) is 2.27. The van der Waals surface area contributed by atoms with Crippen LogP contribution in [0.15, 0.2) is 40.3 Å². The molecule has 0 aliphatic rings. The Labute approximate surface area is 92.3 Å². The smallest absolute Gasteiger partial charge is 0.0724 e. The SMILES string of the molecule is CSc1cccc2nccc(SC)c12. The zero-order valence-electron chi connectivity index (χ0n) is 8.15. The van der Waals surface area contributed by atoms with Gasteiger partial charge in [-0.25, -0.2) is 0 Å². The molecule has 0 spiro atoms. The van der Waals surface area contributed by atoms with Gasteiger partial charge in [-0.05, 0) is 30.7 Å². The van der Waals surface area contributed by atoms with Gasteiger partial charge >= 0.3 is 0 Å². The number of aromatic nitrogens is 1. The van der Waals surface area contributed by atoms with Crippen molar-refractivity contribution >= 4 is 34.4 Å². The van der Waals surface area contributed by atoms with Crippen LogP contribution in [0.3, 0.4) is 0 Å². The summed E-state index contributed by atoms with van der Waals surface area (Å²) in [5.41, 5.74) is 1.09. The molecule has 0 unspecified atom stereocenters. The first-order valence-corrected chi connectivity index (χ1v) is 6.77. The standard InChI is InChI=1S/C11H11NS2/c1-13-9-5-3-4-8-11(9)10(14-2)6-7-12-8/h3-7H,1-2H3. The first-order chi connectivity index (χ1) is 6.86. The predicted molar refractivity (Wildman–Crippen MR) is 65.3 cm³/mol. The maximum absolute atomic E-state index is 4.37. The Morgan fingerprint density at radius 2 is 1.71 bits per heavy atom. The summed E-state index contributed by atoms with van der Waals surface area (Å²) in [5.74, 6) is 0. The highest BCUT2D eigenvalue weighted by Crippen LogP contribution is 2.32. The van der Waals surface area contributed by atoms with E-state index in [1.807, 2.05) is 6.20 Å². The molecule has 0 aliphatic heterocycles. The fraction of sp³-hybridized carbons (Fsp3) is 0.182. The molecule has 0 saturated heterocycles. The maximum Gasteiger partial charge on any atom is 0.0724 e. The molecular formula is C11H11NS2. The molecule has 1 aromatic carbocycles. The first-order valence-electron chi connectivity index (χ1n) is 4.32. The van der Waals surface area contributed by atoms with E-state index < -0.39 is 0 Å². The van der Waals surface area contributed by atoms with Gasteiger partial charge in [-0.1, -0.05) is 6.07 Å². The van der Waals surface area contributed by atoms with Crippen molar-refractivity contribution < 1.29 is 0 Å². The summed E-state index contributed by atoms with van der Waals surface area (Å²) >= 11 is 3.55. The number of benzene rings is 1. The molecule has 1 aromatic heterocycles. The number of pyridine rings is 1. The van der Waals surface area contributed by atoms with E-state index in [1.165, 1.54) is 15.2 Å². The molecule has 2 rings (SSSR count). The Balaban J connectivity index is 2.81. The molecule has 0 saturated carbocycles. The quantitative estimate of drug-likeness (QED) is 0.718. The topological polar surface area (TPSA) is 12.9 Å². The van der Waals surface area contributed by atoms with Crippen molar-refractivity contribution in [1.29, 1.82) is 0 Å². The van der Waals surface area contributed by atoms with E-state index in [0.717, 1.165) is 5.52 Å². The van der Waals surface area contributed by atoms with E-state index in [4.69, 9.17) is 0 Å². The summed E-state index contributed by atoms with van der Waals surface area (Å²) in [6.07, 6.45) is 6.08. The third kappa shape index (κ3) is 1.62. The van der Waals surface area contributed by atoms with Crippen LogP contribution >= 0.6 is 23.5 Å². The van der Waals surface area contributed by atoms with Gasteiger partial charge in [-0.15, -0.1) is 23.5 Å². The zero-order chi connectivity index (χ0) is 9.97. The van der Waals surface area contributed by atoms with Crippen LogP contribution in [-0.4, -0.2) is 17.5 Å². The monoisotopic (exact) mass is 221 g/mol. The largest absolute Gasteiger partial charge is 0.256 e. The second-order valence-electron chi connectivity index (χ2n) is 2.87. The van der Waals surface area contributed by atoms with Crippen molar-refractivity contribution in [2.75, 3.05) is 12.5 Å². The number of nitrogens with zero attached hydrogens (tertiary/aromatic N) is 1.